The lowest BCUT2D eigenvalue weighted by Gasteiger charge is -2.30. The molecule has 0 saturated heterocycles. The lowest BCUT2D eigenvalue weighted by atomic mass is 9.81. The van der Waals surface area contributed by atoms with Crippen LogP contribution < -0.4 is 5.73 Å². The van der Waals surface area contributed by atoms with E-state index in [0.717, 1.165) is 12.8 Å². The van der Waals surface area contributed by atoms with Gasteiger partial charge in [-0.15, -0.1) is 11.3 Å². The Balaban J connectivity index is 2.38. The molecule has 2 rings (SSSR count). The smallest absolute Gasteiger partial charge is 0.0314 e. The number of halogens is 1. The van der Waals surface area contributed by atoms with Crippen LogP contribution in [0.4, 0.5) is 0 Å². The molecule has 3 heteroatoms. The first-order valence-electron chi connectivity index (χ1n) is 4.92. The summed E-state index contributed by atoms with van der Waals surface area (Å²) in [7, 11) is 0. The lowest BCUT2D eigenvalue weighted by Crippen LogP contribution is -2.42. The van der Waals surface area contributed by atoms with Crippen LogP contribution in [0.1, 0.15) is 36.4 Å². The van der Waals surface area contributed by atoms with E-state index >= 15 is 0 Å². The van der Waals surface area contributed by atoms with Gasteiger partial charge in [-0.05, 0) is 41.8 Å². The zero-order valence-corrected chi connectivity index (χ0v) is 11.3. The molecule has 1 aromatic rings. The summed E-state index contributed by atoms with van der Waals surface area (Å²) in [6.07, 6.45) is 2.32. The predicted molar refractivity (Wildman–Crippen MR) is 65.9 cm³/mol. The average Bonchev–Trinajstić information content (AvgIpc) is 2.75. The van der Waals surface area contributed by atoms with Gasteiger partial charge in [-0.1, -0.05) is 13.8 Å². The Hall–Kier alpha value is 0.140. The van der Waals surface area contributed by atoms with Gasteiger partial charge in [0.05, 0.1) is 0 Å². The molecular weight excluding hydrogens is 258 g/mol. The molecule has 2 N–H and O–H groups in total. The molecule has 0 unspecified atom stereocenters. The Morgan fingerprint density at radius 1 is 1.50 bits per heavy atom. The van der Waals surface area contributed by atoms with Crippen LogP contribution >= 0.6 is 27.3 Å². The van der Waals surface area contributed by atoms with Crippen LogP contribution in [0.2, 0.25) is 0 Å². The third-order valence-corrected chi connectivity index (χ3v) is 5.97. The highest BCUT2D eigenvalue weighted by Gasteiger charge is 2.52. The van der Waals surface area contributed by atoms with Gasteiger partial charge in [0.2, 0.25) is 0 Å². The molecule has 1 nitrogen and oxygen atoms in total. The summed E-state index contributed by atoms with van der Waals surface area (Å²) in [6, 6.07) is 2.23. The largest absolute Gasteiger partial charge is 0.324 e. The first kappa shape index (κ1) is 10.7. The maximum Gasteiger partial charge on any atom is 0.0314 e. The highest BCUT2D eigenvalue weighted by Crippen LogP contribution is 2.51. The van der Waals surface area contributed by atoms with Gasteiger partial charge < -0.3 is 5.73 Å². The van der Waals surface area contributed by atoms with E-state index in [1.807, 2.05) is 11.3 Å². The van der Waals surface area contributed by atoms with Crippen molar-refractivity contribution in [3.05, 3.63) is 20.3 Å². The number of aryl methyl sites for hydroxylation is 1. The quantitative estimate of drug-likeness (QED) is 0.876. The van der Waals surface area contributed by atoms with Crippen molar-refractivity contribution in [2.75, 3.05) is 0 Å². The fourth-order valence-electron chi connectivity index (χ4n) is 1.77. The zero-order valence-electron chi connectivity index (χ0n) is 8.86. The standard InChI is InChI=1S/C11H16BrNS/c1-7-8(12)6-9(14-7)10(2,3)11(13)4-5-11/h6H,4-5,13H2,1-3H3. The number of rotatable bonds is 2. The highest BCUT2D eigenvalue weighted by atomic mass is 79.9. The Morgan fingerprint density at radius 3 is 2.43 bits per heavy atom. The van der Waals surface area contributed by atoms with E-state index in [1.165, 1.54) is 14.2 Å². The van der Waals surface area contributed by atoms with Crippen molar-refractivity contribution in [3.63, 3.8) is 0 Å². The Labute approximate surface area is 97.8 Å². The summed E-state index contributed by atoms with van der Waals surface area (Å²) in [5, 5.41) is 0. The molecule has 0 spiro atoms. The molecule has 1 fully saturated rings. The molecule has 0 atom stereocenters. The second kappa shape index (κ2) is 3.06. The van der Waals surface area contributed by atoms with Gasteiger partial charge in [0, 0.05) is 25.2 Å². The summed E-state index contributed by atoms with van der Waals surface area (Å²) < 4.78 is 1.22. The van der Waals surface area contributed by atoms with Crippen molar-refractivity contribution in [2.24, 2.45) is 5.73 Å². The van der Waals surface area contributed by atoms with Gasteiger partial charge in [0.25, 0.3) is 0 Å². The summed E-state index contributed by atoms with van der Waals surface area (Å²) in [5.41, 5.74) is 6.47. The summed E-state index contributed by atoms with van der Waals surface area (Å²) in [5.74, 6) is 0. The van der Waals surface area contributed by atoms with Gasteiger partial charge in [0.15, 0.2) is 0 Å². The third-order valence-electron chi connectivity index (χ3n) is 3.51. The van der Waals surface area contributed by atoms with E-state index in [2.05, 4.69) is 42.8 Å². The first-order chi connectivity index (χ1) is 6.37. The summed E-state index contributed by atoms with van der Waals surface area (Å²) in [6.45, 7) is 6.67. The molecule has 0 bridgehead atoms. The van der Waals surface area contributed by atoms with Crippen molar-refractivity contribution in [1.29, 1.82) is 0 Å². The summed E-state index contributed by atoms with van der Waals surface area (Å²) >= 11 is 5.43. The third kappa shape index (κ3) is 1.46. The lowest BCUT2D eigenvalue weighted by molar-refractivity contribution is 0.398. The minimum atomic E-state index is 0.0454. The molecule has 14 heavy (non-hydrogen) atoms. The average molecular weight is 274 g/mol. The van der Waals surface area contributed by atoms with Crippen LogP contribution in [0, 0.1) is 6.92 Å². The van der Waals surface area contributed by atoms with Crippen LogP contribution in [0.5, 0.6) is 0 Å². The zero-order chi connectivity index (χ0) is 10.6. The molecule has 1 saturated carbocycles. The van der Waals surface area contributed by atoms with Gasteiger partial charge >= 0.3 is 0 Å². The summed E-state index contributed by atoms with van der Waals surface area (Å²) in [4.78, 5) is 2.75. The highest BCUT2D eigenvalue weighted by molar-refractivity contribution is 9.10. The number of hydrogen-bond acceptors (Lipinski definition) is 2. The molecule has 0 amide bonds. The molecule has 0 aromatic carbocycles. The van der Waals surface area contributed by atoms with Gasteiger partial charge in [-0.2, -0.15) is 0 Å². The topological polar surface area (TPSA) is 26.0 Å². The monoisotopic (exact) mass is 273 g/mol. The number of hydrogen-bond donors (Lipinski definition) is 1. The van der Waals surface area contributed by atoms with Crippen molar-refractivity contribution in [2.45, 2.75) is 44.6 Å². The van der Waals surface area contributed by atoms with Crippen LogP contribution in [0.3, 0.4) is 0 Å². The van der Waals surface area contributed by atoms with Crippen molar-refractivity contribution in [1.82, 2.24) is 0 Å². The van der Waals surface area contributed by atoms with Crippen molar-refractivity contribution >= 4 is 27.3 Å². The van der Waals surface area contributed by atoms with Crippen molar-refractivity contribution < 1.29 is 0 Å². The van der Waals surface area contributed by atoms with Crippen LogP contribution in [-0.4, -0.2) is 5.54 Å². The number of nitrogens with two attached hydrogens (primary N) is 1. The molecular formula is C11H16BrNS. The maximum absolute atomic E-state index is 6.31. The van der Waals surface area contributed by atoms with E-state index in [9.17, 15) is 0 Å². The van der Waals surface area contributed by atoms with Gasteiger partial charge in [0.1, 0.15) is 0 Å². The van der Waals surface area contributed by atoms with E-state index in [0.29, 0.717) is 0 Å². The second-order valence-corrected chi connectivity index (χ2v) is 6.91. The van der Waals surface area contributed by atoms with Gasteiger partial charge in [-0.3, -0.25) is 0 Å². The normalized spacial score (nSPS) is 19.8. The minimum Gasteiger partial charge on any atom is -0.324 e. The number of thiophene rings is 1. The Morgan fingerprint density at radius 2 is 2.07 bits per heavy atom. The second-order valence-electron chi connectivity index (χ2n) is 4.80. The Kier molecular flexibility index (Phi) is 2.33. The van der Waals surface area contributed by atoms with Gasteiger partial charge in [-0.25, -0.2) is 0 Å². The SMILES string of the molecule is Cc1sc(C(C)(C)C2(N)CC2)cc1Br. The molecule has 1 aromatic heterocycles. The Bertz CT molecular complexity index is 344. The van der Waals surface area contributed by atoms with Crippen molar-refractivity contribution in [3.8, 4) is 0 Å². The van der Waals surface area contributed by atoms with E-state index in [-0.39, 0.29) is 11.0 Å². The maximum atomic E-state index is 6.31. The van der Waals surface area contributed by atoms with E-state index in [4.69, 9.17) is 5.73 Å². The van der Waals surface area contributed by atoms with Crippen LogP contribution in [0.15, 0.2) is 10.5 Å². The molecule has 0 aliphatic heterocycles. The van der Waals surface area contributed by atoms with E-state index in [1.54, 1.807) is 0 Å². The predicted octanol–water partition coefficient (Wildman–Crippen LogP) is 3.59. The van der Waals surface area contributed by atoms with E-state index < -0.39 is 0 Å². The fourth-order valence-corrected chi connectivity index (χ4v) is 3.52. The first-order valence-corrected chi connectivity index (χ1v) is 6.53. The molecule has 1 heterocycles. The molecule has 0 radical (unpaired) electrons. The minimum absolute atomic E-state index is 0.0454. The molecule has 1 aliphatic carbocycles. The van der Waals surface area contributed by atoms with Crippen LogP contribution in [-0.2, 0) is 5.41 Å². The molecule has 78 valence electrons. The molecule has 1 aliphatic rings. The fraction of sp³-hybridized carbons (Fsp3) is 0.636. The van der Waals surface area contributed by atoms with Crippen LogP contribution in [0.25, 0.3) is 0 Å².